The lowest BCUT2D eigenvalue weighted by molar-refractivity contribution is -0.144. The molecule has 1 unspecified atom stereocenters. The van der Waals surface area contributed by atoms with Crippen LogP contribution < -0.4 is 0 Å². The highest BCUT2D eigenvalue weighted by molar-refractivity contribution is 8.03. The number of carbonyl (C=O) groups is 2. The van der Waals surface area contributed by atoms with Crippen LogP contribution in [0.5, 0.6) is 0 Å². The van der Waals surface area contributed by atoms with Gasteiger partial charge in [0.15, 0.2) is 5.78 Å². The number of hydrogen-bond acceptors (Lipinski definition) is 4. The van der Waals surface area contributed by atoms with Gasteiger partial charge in [0.1, 0.15) is 0 Å². The van der Waals surface area contributed by atoms with Crippen molar-refractivity contribution in [2.75, 3.05) is 7.11 Å². The van der Waals surface area contributed by atoms with Gasteiger partial charge in [0, 0.05) is 21.8 Å². The molecule has 0 aromatic heterocycles. The molecule has 3 nitrogen and oxygen atoms in total. The fourth-order valence-corrected chi connectivity index (χ4v) is 3.06. The van der Waals surface area contributed by atoms with E-state index in [1.54, 1.807) is 6.92 Å². The summed E-state index contributed by atoms with van der Waals surface area (Å²) in [5.41, 5.74) is 0.680. The maximum Gasteiger partial charge on any atom is 0.314 e. The Labute approximate surface area is 110 Å². The molecule has 0 saturated heterocycles. The van der Waals surface area contributed by atoms with E-state index in [1.165, 1.54) is 18.9 Å². The van der Waals surface area contributed by atoms with Gasteiger partial charge >= 0.3 is 5.97 Å². The van der Waals surface area contributed by atoms with Gasteiger partial charge < -0.3 is 4.74 Å². The highest BCUT2D eigenvalue weighted by Crippen LogP contribution is 2.41. The second kappa shape index (κ2) is 5.40. The molecule has 0 bridgehead atoms. The van der Waals surface area contributed by atoms with Gasteiger partial charge in [-0.2, -0.15) is 0 Å². The number of hydrogen-bond donors (Lipinski definition) is 0. The van der Waals surface area contributed by atoms with Gasteiger partial charge in [-0.25, -0.2) is 0 Å². The molecule has 1 aromatic carbocycles. The first-order chi connectivity index (χ1) is 8.63. The van der Waals surface area contributed by atoms with Gasteiger partial charge in [-0.05, 0) is 19.1 Å². The molecular formula is C14H14O3S. The van der Waals surface area contributed by atoms with Crippen molar-refractivity contribution in [3.63, 3.8) is 0 Å². The first kappa shape index (κ1) is 12.9. The Balaban J connectivity index is 2.27. The number of Topliss-reactive ketones (excluding diaryl/α,β-unsaturated/α-hetero) is 1. The predicted molar refractivity (Wildman–Crippen MR) is 70.1 cm³/mol. The van der Waals surface area contributed by atoms with Crippen molar-refractivity contribution >= 4 is 23.5 Å². The summed E-state index contributed by atoms with van der Waals surface area (Å²) in [6, 6.07) is 9.72. The molecule has 0 aliphatic heterocycles. The summed E-state index contributed by atoms with van der Waals surface area (Å²) < 4.78 is 4.76. The first-order valence-electron chi connectivity index (χ1n) is 5.68. The van der Waals surface area contributed by atoms with Gasteiger partial charge in [0.05, 0.1) is 13.0 Å². The molecule has 2 rings (SSSR count). The van der Waals surface area contributed by atoms with Crippen molar-refractivity contribution in [1.29, 1.82) is 0 Å². The molecule has 0 fully saturated rings. The Morgan fingerprint density at radius 2 is 2.00 bits per heavy atom. The Kier molecular flexibility index (Phi) is 3.87. The minimum atomic E-state index is -0.437. The molecule has 1 atom stereocenters. The van der Waals surface area contributed by atoms with Gasteiger partial charge in [-0.3, -0.25) is 9.59 Å². The number of carbonyl (C=O) groups excluding carboxylic acids is 2. The molecule has 0 amide bonds. The zero-order valence-corrected chi connectivity index (χ0v) is 11.1. The fourth-order valence-electron chi connectivity index (χ4n) is 1.93. The molecular weight excluding hydrogens is 248 g/mol. The van der Waals surface area contributed by atoms with Gasteiger partial charge in [0.25, 0.3) is 0 Å². The molecule has 1 aromatic rings. The van der Waals surface area contributed by atoms with Crippen molar-refractivity contribution in [3.8, 4) is 0 Å². The number of esters is 1. The number of allylic oxidation sites excluding steroid dienone is 1. The Hall–Kier alpha value is -1.55. The molecule has 0 saturated carbocycles. The summed E-state index contributed by atoms with van der Waals surface area (Å²) in [5, 5.41) is 0. The molecule has 0 spiro atoms. The summed E-state index contributed by atoms with van der Waals surface area (Å²) in [5.74, 6) is -0.741. The van der Waals surface area contributed by atoms with E-state index in [-0.39, 0.29) is 18.2 Å². The van der Waals surface area contributed by atoms with E-state index in [1.807, 2.05) is 30.3 Å². The fraction of sp³-hybridized carbons (Fsp3) is 0.286. The maximum absolute atomic E-state index is 11.7. The standard InChI is InChI=1S/C14H14O3S/c1-9-12(15)8-11(14(16)17-2)13(9)18-10-6-4-3-5-7-10/h3-7,11H,8H2,1-2H3. The summed E-state index contributed by atoms with van der Waals surface area (Å²) in [4.78, 5) is 25.3. The topological polar surface area (TPSA) is 43.4 Å². The van der Waals surface area contributed by atoms with E-state index in [0.717, 1.165) is 9.80 Å². The molecule has 0 radical (unpaired) electrons. The molecule has 1 aliphatic carbocycles. The molecule has 18 heavy (non-hydrogen) atoms. The van der Waals surface area contributed by atoms with Crippen molar-refractivity contribution in [2.24, 2.45) is 5.92 Å². The lowest BCUT2D eigenvalue weighted by Gasteiger charge is -2.11. The van der Waals surface area contributed by atoms with Crippen LogP contribution in [0.1, 0.15) is 13.3 Å². The van der Waals surface area contributed by atoms with E-state index < -0.39 is 5.92 Å². The summed E-state index contributed by atoms with van der Waals surface area (Å²) in [6.07, 6.45) is 0.230. The number of ether oxygens (including phenoxy) is 1. The van der Waals surface area contributed by atoms with Crippen molar-refractivity contribution in [1.82, 2.24) is 0 Å². The largest absolute Gasteiger partial charge is 0.469 e. The van der Waals surface area contributed by atoms with Crippen LogP contribution in [0.15, 0.2) is 45.7 Å². The van der Waals surface area contributed by atoms with Crippen LogP contribution in [0.3, 0.4) is 0 Å². The van der Waals surface area contributed by atoms with Gasteiger partial charge in [-0.1, -0.05) is 30.0 Å². The third kappa shape index (κ3) is 2.48. The lowest BCUT2D eigenvalue weighted by Crippen LogP contribution is -2.15. The Bertz CT molecular complexity index is 505. The van der Waals surface area contributed by atoms with Crippen LogP contribution >= 0.6 is 11.8 Å². The average Bonchev–Trinajstić information content (AvgIpc) is 2.67. The number of thioether (sulfide) groups is 1. The van der Waals surface area contributed by atoms with E-state index in [4.69, 9.17) is 4.74 Å². The molecule has 0 heterocycles. The van der Waals surface area contributed by atoms with Crippen LogP contribution in [0, 0.1) is 5.92 Å². The highest BCUT2D eigenvalue weighted by Gasteiger charge is 2.36. The van der Waals surface area contributed by atoms with Crippen molar-refractivity contribution < 1.29 is 14.3 Å². The summed E-state index contributed by atoms with van der Waals surface area (Å²) in [7, 11) is 1.35. The van der Waals surface area contributed by atoms with Crippen molar-refractivity contribution in [2.45, 2.75) is 18.2 Å². The van der Waals surface area contributed by atoms with Crippen LogP contribution in [0.25, 0.3) is 0 Å². The third-order valence-electron chi connectivity index (χ3n) is 2.95. The number of methoxy groups -OCH3 is 1. The molecule has 0 N–H and O–H groups in total. The SMILES string of the molecule is COC(=O)C1CC(=O)C(C)=C1Sc1ccccc1. The zero-order chi connectivity index (χ0) is 13.1. The second-order valence-corrected chi connectivity index (χ2v) is 5.22. The maximum atomic E-state index is 11.7. The normalized spacial score (nSPS) is 19.2. The molecule has 1 aliphatic rings. The van der Waals surface area contributed by atoms with Crippen molar-refractivity contribution in [3.05, 3.63) is 40.8 Å². The van der Waals surface area contributed by atoms with Gasteiger partial charge in [-0.15, -0.1) is 0 Å². The number of benzene rings is 1. The third-order valence-corrected chi connectivity index (χ3v) is 4.27. The molecule has 4 heteroatoms. The second-order valence-electron chi connectivity index (χ2n) is 4.11. The van der Waals surface area contributed by atoms with E-state index in [0.29, 0.717) is 5.57 Å². The van der Waals surface area contributed by atoms with Gasteiger partial charge in [0.2, 0.25) is 0 Å². The number of rotatable bonds is 3. The predicted octanol–water partition coefficient (Wildman–Crippen LogP) is 2.81. The highest BCUT2D eigenvalue weighted by atomic mass is 32.2. The number of ketones is 1. The summed E-state index contributed by atoms with van der Waals surface area (Å²) in [6.45, 7) is 1.77. The average molecular weight is 262 g/mol. The minimum absolute atomic E-state index is 0.0313. The minimum Gasteiger partial charge on any atom is -0.469 e. The first-order valence-corrected chi connectivity index (χ1v) is 6.50. The van der Waals surface area contributed by atoms with E-state index in [2.05, 4.69) is 0 Å². The summed E-state index contributed by atoms with van der Waals surface area (Å²) >= 11 is 1.47. The smallest absolute Gasteiger partial charge is 0.314 e. The molecule has 94 valence electrons. The van der Waals surface area contributed by atoms with Crippen LogP contribution in [0.2, 0.25) is 0 Å². The zero-order valence-electron chi connectivity index (χ0n) is 10.3. The quantitative estimate of drug-likeness (QED) is 0.786. The van der Waals surface area contributed by atoms with E-state index >= 15 is 0 Å². The monoisotopic (exact) mass is 262 g/mol. The Morgan fingerprint density at radius 1 is 1.33 bits per heavy atom. The Morgan fingerprint density at radius 3 is 2.61 bits per heavy atom. The lowest BCUT2D eigenvalue weighted by atomic mass is 10.1. The van der Waals surface area contributed by atoms with E-state index in [9.17, 15) is 9.59 Å². The van der Waals surface area contributed by atoms with Crippen LogP contribution in [-0.2, 0) is 14.3 Å². The van der Waals surface area contributed by atoms with Crippen LogP contribution in [0.4, 0.5) is 0 Å². The van der Waals surface area contributed by atoms with Crippen LogP contribution in [-0.4, -0.2) is 18.9 Å².